The summed E-state index contributed by atoms with van der Waals surface area (Å²) in [6, 6.07) is 11.7. The number of hydrogen-bond acceptors (Lipinski definition) is 7. The van der Waals surface area contributed by atoms with Crippen molar-refractivity contribution in [3.8, 4) is 11.5 Å². The lowest BCUT2D eigenvalue weighted by Crippen LogP contribution is -2.39. The molecule has 0 saturated heterocycles. The molecule has 1 aliphatic rings. The SMILES string of the molecule is COc1cccc(Cn2nccc2NC(=O)C2=NN(c3ccc(F)cc3)C(C(N)=O)C2)c1OC. The first-order valence-corrected chi connectivity index (χ1v) is 10.4. The quantitative estimate of drug-likeness (QED) is 0.524. The second-order valence-corrected chi connectivity index (χ2v) is 7.47. The van der Waals surface area contributed by atoms with Crippen LogP contribution < -0.4 is 25.5 Å². The molecule has 176 valence electrons. The average molecular weight is 466 g/mol. The maximum Gasteiger partial charge on any atom is 0.273 e. The van der Waals surface area contributed by atoms with E-state index in [2.05, 4.69) is 15.5 Å². The molecule has 1 unspecified atom stereocenters. The van der Waals surface area contributed by atoms with Gasteiger partial charge in [-0.3, -0.25) is 14.6 Å². The van der Waals surface area contributed by atoms with Crippen LogP contribution >= 0.6 is 0 Å². The van der Waals surface area contributed by atoms with Crippen molar-refractivity contribution < 1.29 is 23.5 Å². The van der Waals surface area contributed by atoms with Crippen molar-refractivity contribution in [2.45, 2.75) is 19.0 Å². The fourth-order valence-electron chi connectivity index (χ4n) is 3.69. The molecule has 0 spiro atoms. The van der Waals surface area contributed by atoms with Crippen molar-refractivity contribution in [1.82, 2.24) is 9.78 Å². The molecule has 0 fully saturated rings. The van der Waals surface area contributed by atoms with Gasteiger partial charge in [0.25, 0.3) is 5.91 Å². The van der Waals surface area contributed by atoms with Gasteiger partial charge in [-0.15, -0.1) is 0 Å². The number of nitrogens with one attached hydrogen (secondary N) is 1. The molecule has 10 nitrogen and oxygen atoms in total. The third-order valence-electron chi connectivity index (χ3n) is 5.35. The van der Waals surface area contributed by atoms with Crippen LogP contribution in [0.2, 0.25) is 0 Å². The predicted molar refractivity (Wildman–Crippen MR) is 123 cm³/mol. The highest BCUT2D eigenvalue weighted by atomic mass is 19.1. The van der Waals surface area contributed by atoms with Crippen LogP contribution in [-0.4, -0.2) is 47.6 Å². The molecule has 3 N–H and O–H groups in total. The number of rotatable bonds is 8. The van der Waals surface area contributed by atoms with E-state index < -0.39 is 23.7 Å². The van der Waals surface area contributed by atoms with Gasteiger partial charge in [-0.25, -0.2) is 9.07 Å². The Balaban J connectivity index is 1.54. The molecule has 1 aliphatic heterocycles. The Morgan fingerprint density at radius 3 is 2.59 bits per heavy atom. The lowest BCUT2D eigenvalue weighted by atomic mass is 10.1. The monoisotopic (exact) mass is 466 g/mol. The number of carbonyl (C=O) groups excluding carboxylic acids is 2. The summed E-state index contributed by atoms with van der Waals surface area (Å²) in [7, 11) is 3.10. The number of anilines is 2. The summed E-state index contributed by atoms with van der Waals surface area (Å²) in [4.78, 5) is 24.9. The molecular weight excluding hydrogens is 443 g/mol. The first-order chi connectivity index (χ1) is 16.4. The van der Waals surface area contributed by atoms with Crippen LogP contribution in [0, 0.1) is 5.82 Å². The van der Waals surface area contributed by atoms with Crippen LogP contribution in [0.3, 0.4) is 0 Å². The van der Waals surface area contributed by atoms with Gasteiger partial charge in [0.1, 0.15) is 23.4 Å². The number of nitrogens with zero attached hydrogens (tertiary/aromatic N) is 4. The zero-order chi connectivity index (χ0) is 24.2. The summed E-state index contributed by atoms with van der Waals surface area (Å²) < 4.78 is 25.7. The van der Waals surface area contributed by atoms with E-state index in [1.54, 1.807) is 37.2 Å². The standard InChI is InChI=1S/C23H23FN6O4/c1-33-19-5-3-4-14(21(19)34-2)13-29-20(10-11-26-29)27-23(32)17-12-18(22(25)31)30(28-17)16-8-6-15(24)7-9-16/h3-11,18H,12-13H2,1-2H3,(H2,25,31)(H,27,32). The average Bonchev–Trinajstić information content (AvgIpc) is 3.47. The Hall–Kier alpha value is -4.41. The summed E-state index contributed by atoms with van der Waals surface area (Å²) in [5.74, 6) is -0.00949. The number of hydrogen-bond donors (Lipinski definition) is 2. The Bertz CT molecular complexity index is 1240. The van der Waals surface area contributed by atoms with Crippen molar-refractivity contribution >= 4 is 29.0 Å². The van der Waals surface area contributed by atoms with Gasteiger partial charge < -0.3 is 20.5 Å². The lowest BCUT2D eigenvalue weighted by molar-refractivity contribution is -0.119. The number of primary amides is 1. The predicted octanol–water partition coefficient (Wildman–Crippen LogP) is 2.15. The Kier molecular flexibility index (Phi) is 6.44. The highest BCUT2D eigenvalue weighted by Crippen LogP contribution is 2.31. The summed E-state index contributed by atoms with van der Waals surface area (Å²) in [5.41, 5.74) is 6.88. The zero-order valence-corrected chi connectivity index (χ0v) is 18.6. The van der Waals surface area contributed by atoms with Gasteiger partial charge in [-0.05, 0) is 30.3 Å². The zero-order valence-electron chi connectivity index (χ0n) is 18.6. The van der Waals surface area contributed by atoms with E-state index in [0.29, 0.717) is 29.5 Å². The molecule has 0 radical (unpaired) electrons. The van der Waals surface area contributed by atoms with Crippen molar-refractivity contribution in [2.75, 3.05) is 24.5 Å². The summed E-state index contributed by atoms with van der Waals surface area (Å²) >= 11 is 0. The van der Waals surface area contributed by atoms with E-state index in [0.717, 1.165) is 5.56 Å². The number of aromatic nitrogens is 2. The number of ether oxygens (including phenoxy) is 2. The van der Waals surface area contributed by atoms with E-state index in [9.17, 15) is 14.0 Å². The van der Waals surface area contributed by atoms with Crippen LogP contribution in [0.4, 0.5) is 15.9 Å². The van der Waals surface area contributed by atoms with Gasteiger partial charge in [-0.2, -0.15) is 10.2 Å². The Morgan fingerprint density at radius 2 is 1.91 bits per heavy atom. The molecule has 1 aromatic heterocycles. The third kappa shape index (κ3) is 4.53. The molecular formula is C23H23FN6O4. The van der Waals surface area contributed by atoms with Crippen LogP contribution in [0.25, 0.3) is 0 Å². The first-order valence-electron chi connectivity index (χ1n) is 10.4. The van der Waals surface area contributed by atoms with Crippen LogP contribution in [0.1, 0.15) is 12.0 Å². The highest BCUT2D eigenvalue weighted by molar-refractivity contribution is 6.44. The van der Waals surface area contributed by atoms with Crippen molar-refractivity contribution in [1.29, 1.82) is 0 Å². The number of amides is 2. The number of carbonyl (C=O) groups is 2. The minimum atomic E-state index is -0.864. The highest BCUT2D eigenvalue weighted by Gasteiger charge is 2.35. The van der Waals surface area contributed by atoms with Crippen LogP contribution in [-0.2, 0) is 16.1 Å². The summed E-state index contributed by atoms with van der Waals surface area (Å²) in [6.45, 7) is 0.307. The second kappa shape index (κ2) is 9.61. The molecule has 0 saturated carbocycles. The largest absolute Gasteiger partial charge is 0.493 e. The number of para-hydroxylation sites is 1. The third-order valence-corrected chi connectivity index (χ3v) is 5.35. The van der Waals surface area contributed by atoms with Crippen LogP contribution in [0.5, 0.6) is 11.5 Å². The second-order valence-electron chi connectivity index (χ2n) is 7.47. The van der Waals surface area contributed by atoms with E-state index in [4.69, 9.17) is 15.2 Å². The maximum absolute atomic E-state index is 13.3. The fraction of sp³-hybridized carbons (Fsp3) is 0.217. The van der Waals surface area contributed by atoms with Crippen molar-refractivity contribution in [3.05, 3.63) is 66.1 Å². The first kappa shape index (κ1) is 22.8. The lowest BCUT2D eigenvalue weighted by Gasteiger charge is -2.20. The molecule has 4 rings (SSSR count). The summed E-state index contributed by atoms with van der Waals surface area (Å²) in [5, 5.41) is 12.7. The molecule has 11 heteroatoms. The molecule has 2 heterocycles. The normalized spacial score (nSPS) is 15.1. The van der Waals surface area contributed by atoms with Crippen LogP contribution in [0.15, 0.2) is 59.8 Å². The molecule has 0 bridgehead atoms. The number of nitrogens with two attached hydrogens (primary N) is 1. The van der Waals surface area contributed by atoms with Gasteiger partial charge in [0.05, 0.1) is 32.6 Å². The number of hydrazone groups is 1. The Morgan fingerprint density at radius 1 is 1.15 bits per heavy atom. The Labute approximate surface area is 194 Å². The molecule has 2 aromatic carbocycles. The van der Waals surface area contributed by atoms with Crippen molar-refractivity contribution in [3.63, 3.8) is 0 Å². The molecule has 3 aromatic rings. The van der Waals surface area contributed by atoms with E-state index >= 15 is 0 Å². The molecule has 0 aliphatic carbocycles. The summed E-state index contributed by atoms with van der Waals surface area (Å²) in [6.07, 6.45) is 1.56. The number of benzene rings is 2. The van der Waals surface area contributed by atoms with Gasteiger partial charge >= 0.3 is 0 Å². The fourth-order valence-corrected chi connectivity index (χ4v) is 3.69. The minimum Gasteiger partial charge on any atom is -0.493 e. The number of methoxy groups -OCH3 is 2. The van der Waals surface area contributed by atoms with Gasteiger partial charge in [0, 0.05) is 18.1 Å². The van der Waals surface area contributed by atoms with Gasteiger partial charge in [-0.1, -0.05) is 12.1 Å². The van der Waals surface area contributed by atoms with Crippen molar-refractivity contribution in [2.24, 2.45) is 10.8 Å². The minimum absolute atomic E-state index is 0.0103. The maximum atomic E-state index is 13.3. The van der Waals surface area contributed by atoms with E-state index in [-0.39, 0.29) is 12.1 Å². The van der Waals surface area contributed by atoms with Gasteiger partial charge in [0.2, 0.25) is 5.91 Å². The smallest absolute Gasteiger partial charge is 0.273 e. The number of halogens is 1. The van der Waals surface area contributed by atoms with E-state index in [1.165, 1.54) is 29.3 Å². The molecule has 1 atom stereocenters. The topological polar surface area (TPSA) is 124 Å². The van der Waals surface area contributed by atoms with E-state index in [1.807, 2.05) is 12.1 Å². The molecule has 34 heavy (non-hydrogen) atoms. The van der Waals surface area contributed by atoms with Gasteiger partial charge in [0.15, 0.2) is 11.5 Å². The molecule has 2 amide bonds.